The van der Waals surface area contributed by atoms with Crippen molar-refractivity contribution < 1.29 is 158 Å². The summed E-state index contributed by atoms with van der Waals surface area (Å²) < 4.78 is 71.8. The summed E-state index contributed by atoms with van der Waals surface area (Å²) in [5.41, 5.74) is 0. The fourth-order valence-electron chi connectivity index (χ4n) is 15.7. The highest BCUT2D eigenvalue weighted by Gasteiger charge is 2.59. The maximum atomic E-state index is 13.6. The van der Waals surface area contributed by atoms with Crippen molar-refractivity contribution >= 4 is 11.8 Å². The molecule has 20 N–H and O–H groups in total. The quantitative estimate of drug-likeness (QED) is 0.0302. The van der Waals surface area contributed by atoms with Crippen LogP contribution in [0.15, 0.2) is 24.3 Å². The molecule has 0 bridgehead atoms. The summed E-state index contributed by atoms with van der Waals surface area (Å²) in [5.74, 6) is -1.25. The number of aliphatic hydroxyl groups is 18. The molecule has 34 nitrogen and oxygen atoms in total. The molecule has 6 aliphatic rings. The van der Waals surface area contributed by atoms with Gasteiger partial charge in [0, 0.05) is 13.3 Å². The van der Waals surface area contributed by atoms with E-state index in [0.29, 0.717) is 12.8 Å². The summed E-state index contributed by atoms with van der Waals surface area (Å²) in [5, 5.41) is 206. The van der Waals surface area contributed by atoms with E-state index in [4.69, 9.17) is 56.8 Å². The van der Waals surface area contributed by atoms with Crippen LogP contribution in [0.3, 0.4) is 0 Å². The topological polar surface area (TPSA) is 533 Å². The Morgan fingerprint density at radius 1 is 0.353 bits per heavy atom. The van der Waals surface area contributed by atoms with Gasteiger partial charge in [0.1, 0.15) is 140 Å². The summed E-state index contributed by atoms with van der Waals surface area (Å²) in [7, 11) is 0. The molecule has 0 spiro atoms. The van der Waals surface area contributed by atoms with Gasteiger partial charge < -0.3 is 159 Å². The average Bonchev–Trinajstić information content (AvgIpc) is 0.759. The first-order valence-electron chi connectivity index (χ1n) is 43.5. The van der Waals surface area contributed by atoms with Gasteiger partial charge in [0.2, 0.25) is 11.8 Å². The van der Waals surface area contributed by atoms with Crippen LogP contribution in [0.2, 0.25) is 0 Å². The van der Waals surface area contributed by atoms with E-state index in [2.05, 4.69) is 36.6 Å². The van der Waals surface area contributed by atoms with Crippen LogP contribution in [0.25, 0.3) is 0 Å². The minimum absolute atomic E-state index is 0.168. The maximum Gasteiger partial charge on any atom is 0.220 e. The van der Waals surface area contributed by atoms with Crippen molar-refractivity contribution in [3.8, 4) is 0 Å². The fraction of sp³-hybridized carbons (Fsp3) is 0.927. The van der Waals surface area contributed by atoms with Gasteiger partial charge in [-0.25, -0.2) is 0 Å². The molecule has 32 atom stereocenters. The third-order valence-electron chi connectivity index (χ3n) is 22.9. The Morgan fingerprint density at radius 2 is 0.698 bits per heavy atom. The third-order valence-corrected chi connectivity index (χ3v) is 22.9. The van der Waals surface area contributed by atoms with Crippen LogP contribution >= 0.6 is 0 Å². The molecule has 6 fully saturated rings. The van der Waals surface area contributed by atoms with Crippen molar-refractivity contribution in [2.45, 2.75) is 442 Å². The monoisotopic (exact) mass is 1670 g/mol. The van der Waals surface area contributed by atoms with Gasteiger partial charge >= 0.3 is 0 Å². The first-order chi connectivity index (χ1) is 55.9. The molecule has 6 heterocycles. The predicted molar refractivity (Wildman–Crippen MR) is 418 cm³/mol. The Morgan fingerprint density at radius 3 is 1.16 bits per heavy atom. The van der Waals surface area contributed by atoms with Gasteiger partial charge in [-0.15, -0.1) is 0 Å². The van der Waals surface area contributed by atoms with E-state index in [0.717, 1.165) is 58.3 Å². The summed E-state index contributed by atoms with van der Waals surface area (Å²) in [6.45, 7) is 1.26. The highest BCUT2D eigenvalue weighted by Crippen LogP contribution is 2.39. The highest BCUT2D eigenvalue weighted by atomic mass is 16.8. The Balaban J connectivity index is 1.10. The molecule has 6 aliphatic heterocycles. The number of allylic oxidation sites excluding steroid dienone is 3. The maximum absolute atomic E-state index is 13.6. The van der Waals surface area contributed by atoms with E-state index in [-0.39, 0.29) is 12.3 Å². The van der Waals surface area contributed by atoms with Crippen molar-refractivity contribution in [1.82, 2.24) is 10.6 Å². The van der Waals surface area contributed by atoms with Crippen LogP contribution in [0.5, 0.6) is 0 Å². The largest absolute Gasteiger partial charge is 0.394 e. The van der Waals surface area contributed by atoms with Gasteiger partial charge in [-0.05, 0) is 51.9 Å². The Kier molecular flexibility index (Phi) is 49.4. The lowest BCUT2D eigenvalue weighted by Gasteiger charge is -2.52. The number of unbranched alkanes of at least 4 members (excludes halogenated alkanes) is 30. The second-order valence-electron chi connectivity index (χ2n) is 32.4. The van der Waals surface area contributed by atoms with Crippen LogP contribution in [-0.4, -0.2) is 340 Å². The Hall–Kier alpha value is -2.78. The molecule has 0 aromatic heterocycles. The molecule has 2 amide bonds. The molecule has 6 saturated heterocycles. The minimum Gasteiger partial charge on any atom is -0.394 e. The van der Waals surface area contributed by atoms with E-state index in [1.165, 1.54) is 155 Å². The van der Waals surface area contributed by atoms with Gasteiger partial charge in [-0.1, -0.05) is 205 Å². The molecule has 0 aromatic rings. The molecule has 0 radical (unpaired) electrons. The van der Waals surface area contributed by atoms with Gasteiger partial charge in [0.25, 0.3) is 0 Å². The van der Waals surface area contributed by atoms with Crippen LogP contribution in [0, 0.1) is 0 Å². The summed E-state index contributed by atoms with van der Waals surface area (Å²) in [6.07, 6.45) is -10.5. The van der Waals surface area contributed by atoms with Crippen molar-refractivity contribution in [3.63, 3.8) is 0 Å². The van der Waals surface area contributed by atoms with Crippen LogP contribution in [0.4, 0.5) is 0 Å². The van der Waals surface area contributed by atoms with Crippen LogP contribution in [0.1, 0.15) is 246 Å². The number of hydrogen-bond acceptors (Lipinski definition) is 32. The van der Waals surface area contributed by atoms with Gasteiger partial charge in [0.05, 0.1) is 57.9 Å². The number of ether oxygens (including phenoxy) is 12. The van der Waals surface area contributed by atoms with E-state index < -0.39 is 242 Å². The molecule has 6 rings (SSSR count). The van der Waals surface area contributed by atoms with Crippen molar-refractivity contribution in [2.24, 2.45) is 0 Å². The van der Waals surface area contributed by atoms with E-state index >= 15 is 0 Å². The fourth-order valence-corrected chi connectivity index (χ4v) is 15.7. The summed E-state index contributed by atoms with van der Waals surface area (Å²) in [4.78, 5) is 27.0. The van der Waals surface area contributed by atoms with Gasteiger partial charge in [-0.2, -0.15) is 0 Å². The standard InChI is InChI=1S/C82H148N2O32/c1-5-7-9-11-13-15-17-19-20-21-22-23-24-25-26-27-28-30-32-34-36-38-40-42-58(92)84-51(52(91)41-39-37-35-33-31-29-18-16-14-12-10-8-6-2)48-105-78-69(102)66(99)72(56(46-88)111-78)112-81-70(103)75(62(95)54(44-86)108-81)115-77-59(83-50(4)90)74(114-79-67(100)64(97)60(93)49(3)106-79)73(57(47-89)110-77)113-82-71(104)76(63(96)55(45-87)109-82)116-80-68(101)65(98)61(94)53(43-85)107-80/h19-20,39,41,49,51-57,59-82,85-89,91,93-104H,5-18,21-38,40,42-48H2,1-4H3,(H,83,90)(H,84,92)/b20-19-,41-39+/t49?,51-,52+,53?,54?,55?,56?,57?,59?,60+,61-,62-,63-,64?,65-,66+,67-,68?,69?,70?,71?,72+,73+,74+,75-,76-,77-,78+,79+,80+,81-,82-/m0/s1. The zero-order valence-corrected chi connectivity index (χ0v) is 68.8. The van der Waals surface area contributed by atoms with E-state index in [1.807, 2.05) is 6.08 Å². The smallest absolute Gasteiger partial charge is 0.220 e. The van der Waals surface area contributed by atoms with E-state index in [1.54, 1.807) is 6.08 Å². The Bertz CT molecular complexity index is 2650. The van der Waals surface area contributed by atoms with Gasteiger partial charge in [0.15, 0.2) is 37.7 Å². The van der Waals surface area contributed by atoms with Crippen molar-refractivity contribution in [1.29, 1.82) is 0 Å². The minimum atomic E-state index is -2.25. The SMILES string of the molecule is CCCCCCCC/C=C\CCCCCCCCCCCCCCCC(=O)N[C@@H](CO[C@@H]1OC(CO)[C@@H](O[C@@H]2OC(CO)[C@H](O)[C@H](O[C@@H]3OC(CO)[C@@H](O[C@@H]4OC(CO)[C@H](O)[C@H](O[C@H]5OC(CO)[C@H](O)[C@H](O)C5O)C4O)[C@H](O[C@H]4OC(C)[C@@H](O)C(O)[C@@H]4O)C3NC(C)=O)C2O)[C@H](O)C1O)[C@H](O)/C=C/CCCCCCCCCCCCC. The number of amides is 2. The first-order valence-corrected chi connectivity index (χ1v) is 43.5. The molecule has 0 aromatic carbocycles. The van der Waals surface area contributed by atoms with Gasteiger partial charge in [-0.3, -0.25) is 9.59 Å². The zero-order valence-electron chi connectivity index (χ0n) is 68.8. The lowest BCUT2D eigenvalue weighted by atomic mass is 9.93. The Labute approximate surface area is 684 Å². The first kappa shape index (κ1) is 102. The number of rotatable bonds is 57. The second kappa shape index (κ2) is 56.2. The molecule has 34 heteroatoms. The number of hydrogen-bond donors (Lipinski definition) is 20. The summed E-state index contributed by atoms with van der Waals surface area (Å²) >= 11 is 0. The van der Waals surface area contributed by atoms with Crippen molar-refractivity contribution in [2.75, 3.05) is 39.6 Å². The number of nitrogens with one attached hydrogen (secondary N) is 2. The second-order valence-corrected chi connectivity index (χ2v) is 32.4. The number of aliphatic hydroxyl groups excluding tert-OH is 18. The molecule has 12 unspecified atom stereocenters. The highest BCUT2D eigenvalue weighted by molar-refractivity contribution is 5.76. The predicted octanol–water partition coefficient (Wildman–Crippen LogP) is 1.36. The van der Waals surface area contributed by atoms with Crippen LogP contribution < -0.4 is 10.6 Å². The molecular weight excluding hydrogens is 1520 g/mol. The summed E-state index contributed by atoms with van der Waals surface area (Å²) in [6, 6.07) is -2.97. The number of carbonyl (C=O) groups is 2. The van der Waals surface area contributed by atoms with Crippen LogP contribution in [-0.2, 0) is 66.4 Å². The molecule has 0 aliphatic carbocycles. The lowest BCUT2D eigenvalue weighted by molar-refractivity contribution is -0.397. The molecule has 678 valence electrons. The lowest BCUT2D eigenvalue weighted by Crippen LogP contribution is -2.71. The zero-order chi connectivity index (χ0) is 84.6. The average molecular weight is 1670 g/mol. The third kappa shape index (κ3) is 32.4. The number of carbonyl (C=O) groups excluding carboxylic acids is 2. The molecular formula is C82H148N2O32. The van der Waals surface area contributed by atoms with E-state index in [9.17, 15) is 102 Å². The molecule has 116 heavy (non-hydrogen) atoms. The van der Waals surface area contributed by atoms with Crippen molar-refractivity contribution in [3.05, 3.63) is 24.3 Å². The normalized spacial score (nSPS) is 36.5. The molecule has 0 saturated carbocycles.